The molecule has 1 aromatic carbocycles. The molecule has 2 heterocycles. The molecule has 1 aliphatic rings. The summed E-state index contributed by atoms with van der Waals surface area (Å²) in [6, 6.07) is 7.81. The van der Waals surface area contributed by atoms with E-state index in [0.29, 0.717) is 29.1 Å². The predicted molar refractivity (Wildman–Crippen MR) is 83.6 cm³/mol. The molecule has 0 amide bonds. The maximum absolute atomic E-state index is 6.34. The monoisotopic (exact) mass is 326 g/mol. The third-order valence-corrected chi connectivity index (χ3v) is 4.01. The highest BCUT2D eigenvalue weighted by molar-refractivity contribution is 6.37. The molecule has 0 radical (unpaired) electrons. The van der Waals surface area contributed by atoms with E-state index in [1.54, 1.807) is 0 Å². The largest absolute Gasteiger partial charge is 0.460 e. The Bertz CT molecular complexity index is 621. The number of benzene rings is 1. The lowest BCUT2D eigenvalue weighted by Crippen LogP contribution is -2.21. The molecule has 0 spiro atoms. The van der Waals surface area contributed by atoms with Crippen LogP contribution in [0.3, 0.4) is 0 Å². The second-order valence-corrected chi connectivity index (χ2v) is 5.82. The average Bonchev–Trinajstić information content (AvgIpc) is 3.04. The van der Waals surface area contributed by atoms with Crippen LogP contribution in [-0.2, 0) is 4.74 Å². The maximum Gasteiger partial charge on any atom is 0.213 e. The third-order valence-electron chi connectivity index (χ3n) is 3.44. The van der Waals surface area contributed by atoms with Gasteiger partial charge in [0.15, 0.2) is 5.75 Å². The van der Waals surface area contributed by atoms with E-state index >= 15 is 0 Å². The Morgan fingerprint density at radius 2 is 1.81 bits per heavy atom. The van der Waals surface area contributed by atoms with Gasteiger partial charge in [0, 0.05) is 17.1 Å². The molecule has 0 aliphatic carbocycles. The molecule has 2 aromatic rings. The zero-order chi connectivity index (χ0) is 15.0. The minimum atomic E-state index is -0.360. The van der Waals surface area contributed by atoms with Crippen LogP contribution in [0.4, 0.5) is 0 Å². The first-order valence-corrected chi connectivity index (χ1v) is 7.45. The molecule has 0 saturated carbocycles. The van der Waals surface area contributed by atoms with E-state index in [1.165, 1.54) is 0 Å². The predicted octanol–water partition coefficient (Wildman–Crippen LogP) is 3.68. The minimum absolute atomic E-state index is 0.360. The number of nitrogens with zero attached hydrogens (tertiary/aromatic N) is 1. The molecule has 21 heavy (non-hydrogen) atoms. The molecular weight excluding hydrogens is 311 g/mol. The fraction of sp³-hybridized carbons (Fsp3) is 0.333. The molecule has 1 unspecified atom stereocenters. The SMILES string of the molecule is Cc1ccc(C)n1-c1cc(Cl)c(OC2CNCO2)c(Cl)c1. The van der Waals surface area contributed by atoms with Gasteiger partial charge in [-0.1, -0.05) is 23.2 Å². The van der Waals surface area contributed by atoms with Crippen LogP contribution in [0.2, 0.25) is 10.0 Å². The first-order valence-electron chi connectivity index (χ1n) is 6.69. The summed E-state index contributed by atoms with van der Waals surface area (Å²) in [5.74, 6) is 0.457. The normalized spacial score (nSPS) is 18.2. The fourth-order valence-corrected chi connectivity index (χ4v) is 3.02. The molecule has 1 saturated heterocycles. The number of aromatic nitrogens is 1. The van der Waals surface area contributed by atoms with Crippen molar-refractivity contribution in [2.45, 2.75) is 20.1 Å². The maximum atomic E-state index is 6.34. The van der Waals surface area contributed by atoms with E-state index in [4.69, 9.17) is 32.7 Å². The summed E-state index contributed by atoms with van der Waals surface area (Å²) < 4.78 is 13.2. The van der Waals surface area contributed by atoms with Crippen LogP contribution >= 0.6 is 23.2 Å². The Morgan fingerprint density at radius 1 is 1.19 bits per heavy atom. The van der Waals surface area contributed by atoms with Crippen LogP contribution in [0.5, 0.6) is 5.75 Å². The van der Waals surface area contributed by atoms with Gasteiger partial charge < -0.3 is 14.0 Å². The Morgan fingerprint density at radius 3 is 2.33 bits per heavy atom. The van der Waals surface area contributed by atoms with Gasteiger partial charge in [-0.15, -0.1) is 0 Å². The highest BCUT2D eigenvalue weighted by atomic mass is 35.5. The Hall–Kier alpha value is -1.20. The summed E-state index contributed by atoms with van der Waals surface area (Å²) in [6.45, 7) is 5.17. The zero-order valence-corrected chi connectivity index (χ0v) is 13.3. The second kappa shape index (κ2) is 5.89. The van der Waals surface area contributed by atoms with Crippen molar-refractivity contribution < 1.29 is 9.47 Å². The number of aryl methyl sites for hydroxylation is 2. The number of hydrogen-bond acceptors (Lipinski definition) is 3. The molecule has 1 atom stereocenters. The fourth-order valence-electron chi connectivity index (χ4n) is 2.46. The van der Waals surface area contributed by atoms with Crippen molar-refractivity contribution in [3.8, 4) is 11.4 Å². The van der Waals surface area contributed by atoms with E-state index in [2.05, 4.69) is 22.0 Å². The molecule has 1 aliphatic heterocycles. The van der Waals surface area contributed by atoms with Crippen LogP contribution in [0, 0.1) is 13.8 Å². The summed E-state index contributed by atoms with van der Waals surface area (Å²) in [4.78, 5) is 0. The van der Waals surface area contributed by atoms with Crippen molar-refractivity contribution in [3.63, 3.8) is 0 Å². The highest BCUT2D eigenvalue weighted by Gasteiger charge is 2.20. The van der Waals surface area contributed by atoms with Gasteiger partial charge in [0.1, 0.15) is 6.73 Å². The van der Waals surface area contributed by atoms with Crippen LogP contribution in [0.15, 0.2) is 24.3 Å². The number of hydrogen-bond donors (Lipinski definition) is 1. The van der Waals surface area contributed by atoms with Crippen molar-refractivity contribution in [3.05, 3.63) is 45.7 Å². The van der Waals surface area contributed by atoms with Gasteiger partial charge in [-0.25, -0.2) is 0 Å². The molecule has 1 fully saturated rings. The molecule has 0 bridgehead atoms. The number of halogens is 2. The molecule has 6 heteroatoms. The number of ether oxygens (including phenoxy) is 2. The van der Waals surface area contributed by atoms with Gasteiger partial charge in [-0.3, -0.25) is 5.32 Å². The molecular formula is C15H16Cl2N2O2. The molecule has 3 rings (SSSR count). The Balaban J connectivity index is 1.96. The van der Waals surface area contributed by atoms with E-state index < -0.39 is 0 Å². The highest BCUT2D eigenvalue weighted by Crippen LogP contribution is 2.37. The average molecular weight is 327 g/mol. The van der Waals surface area contributed by atoms with Crippen LogP contribution in [0.25, 0.3) is 5.69 Å². The van der Waals surface area contributed by atoms with Crippen molar-refractivity contribution >= 4 is 23.2 Å². The van der Waals surface area contributed by atoms with Gasteiger partial charge in [0.05, 0.1) is 16.6 Å². The number of rotatable bonds is 3. The van der Waals surface area contributed by atoms with Gasteiger partial charge in [0.2, 0.25) is 6.29 Å². The summed E-state index contributed by atoms with van der Waals surface area (Å²) in [6.07, 6.45) is -0.360. The first-order chi connectivity index (χ1) is 10.1. The van der Waals surface area contributed by atoms with Crippen LogP contribution in [0.1, 0.15) is 11.4 Å². The number of nitrogens with one attached hydrogen (secondary N) is 1. The second-order valence-electron chi connectivity index (χ2n) is 5.00. The lowest BCUT2D eigenvalue weighted by Gasteiger charge is -2.17. The van der Waals surface area contributed by atoms with Gasteiger partial charge in [-0.2, -0.15) is 0 Å². The van der Waals surface area contributed by atoms with E-state index in [1.807, 2.05) is 26.0 Å². The quantitative estimate of drug-likeness (QED) is 0.934. The summed E-state index contributed by atoms with van der Waals surface area (Å²) in [7, 11) is 0. The van der Waals surface area contributed by atoms with Crippen molar-refractivity contribution in [2.24, 2.45) is 0 Å². The summed E-state index contributed by atoms with van der Waals surface area (Å²) >= 11 is 12.7. The zero-order valence-electron chi connectivity index (χ0n) is 11.8. The molecule has 1 aromatic heterocycles. The summed E-state index contributed by atoms with van der Waals surface area (Å²) in [5, 5.41) is 3.99. The Labute approximate surface area is 133 Å². The Kier molecular flexibility index (Phi) is 4.13. The molecule has 1 N–H and O–H groups in total. The van der Waals surface area contributed by atoms with Gasteiger partial charge in [0.25, 0.3) is 0 Å². The van der Waals surface area contributed by atoms with E-state index in [9.17, 15) is 0 Å². The lowest BCUT2D eigenvalue weighted by atomic mass is 10.2. The molecule has 4 nitrogen and oxygen atoms in total. The summed E-state index contributed by atoms with van der Waals surface area (Å²) in [5.41, 5.74) is 3.16. The van der Waals surface area contributed by atoms with Crippen LogP contribution < -0.4 is 10.1 Å². The van der Waals surface area contributed by atoms with Crippen molar-refractivity contribution in [1.29, 1.82) is 0 Å². The molecule has 112 valence electrons. The van der Waals surface area contributed by atoms with E-state index in [0.717, 1.165) is 17.1 Å². The van der Waals surface area contributed by atoms with Gasteiger partial charge >= 0.3 is 0 Å². The van der Waals surface area contributed by atoms with Gasteiger partial charge in [-0.05, 0) is 38.1 Å². The topological polar surface area (TPSA) is 35.4 Å². The minimum Gasteiger partial charge on any atom is -0.460 e. The van der Waals surface area contributed by atoms with E-state index in [-0.39, 0.29) is 6.29 Å². The van der Waals surface area contributed by atoms with Crippen LogP contribution in [-0.4, -0.2) is 24.1 Å². The third kappa shape index (κ3) is 2.90. The lowest BCUT2D eigenvalue weighted by molar-refractivity contribution is -0.0323. The smallest absolute Gasteiger partial charge is 0.213 e. The first kappa shape index (κ1) is 14.7. The standard InChI is InChI=1S/C15H16Cl2N2O2/c1-9-3-4-10(2)19(9)11-5-12(16)15(13(17)6-11)21-14-7-18-8-20-14/h3-6,14,18H,7-8H2,1-2H3. The van der Waals surface area contributed by atoms with Crippen molar-refractivity contribution in [1.82, 2.24) is 9.88 Å². The van der Waals surface area contributed by atoms with Crippen molar-refractivity contribution in [2.75, 3.05) is 13.3 Å².